The molecule has 0 saturated heterocycles. The van der Waals surface area contributed by atoms with Crippen LogP contribution in [0.4, 0.5) is 5.69 Å². The first kappa shape index (κ1) is 31.3. The quantitative estimate of drug-likeness (QED) is 0.293. The largest absolute Gasteiger partial charge is 0.352 e. The van der Waals surface area contributed by atoms with E-state index in [9.17, 15) is 18.0 Å². The summed E-state index contributed by atoms with van der Waals surface area (Å²) < 4.78 is 29.4. The molecule has 0 bridgehead atoms. The average molecular weight is 590 g/mol. The third kappa shape index (κ3) is 7.59. The summed E-state index contributed by atoms with van der Waals surface area (Å²) in [6, 6.07) is 21.4. The summed E-state index contributed by atoms with van der Waals surface area (Å²) in [5, 5.41) is 3.16. The number of nitrogens with one attached hydrogen (secondary N) is 1. The molecule has 0 heterocycles. The smallest absolute Gasteiger partial charge is 0.264 e. The van der Waals surface area contributed by atoms with Gasteiger partial charge in [-0.1, -0.05) is 85.5 Å². The first-order chi connectivity index (χ1) is 20.1. The van der Waals surface area contributed by atoms with E-state index < -0.39 is 28.5 Å². The second-order valence-corrected chi connectivity index (χ2v) is 13.2. The van der Waals surface area contributed by atoms with Crippen molar-refractivity contribution in [1.82, 2.24) is 10.2 Å². The van der Waals surface area contributed by atoms with Gasteiger partial charge in [0.2, 0.25) is 11.8 Å². The van der Waals surface area contributed by atoms with Gasteiger partial charge in [-0.2, -0.15) is 0 Å². The number of carbonyl (C=O) groups excluding carboxylic acids is 2. The number of hydrogen-bond acceptors (Lipinski definition) is 4. The third-order valence-corrected chi connectivity index (χ3v) is 9.85. The van der Waals surface area contributed by atoms with E-state index in [2.05, 4.69) is 5.32 Å². The Bertz CT molecular complexity index is 1470. The molecule has 42 heavy (non-hydrogen) atoms. The number of sulfonamides is 1. The molecule has 2 amide bonds. The molecule has 1 aliphatic rings. The summed E-state index contributed by atoms with van der Waals surface area (Å²) in [4.78, 5) is 29.5. The molecule has 1 saturated carbocycles. The van der Waals surface area contributed by atoms with Crippen LogP contribution in [0.25, 0.3) is 0 Å². The van der Waals surface area contributed by atoms with E-state index in [1.165, 1.54) is 4.31 Å². The van der Waals surface area contributed by atoms with Crippen LogP contribution in [-0.4, -0.2) is 50.3 Å². The third-order valence-electron chi connectivity index (χ3n) is 8.08. The van der Waals surface area contributed by atoms with Gasteiger partial charge in [0, 0.05) is 12.6 Å². The molecule has 0 unspecified atom stereocenters. The number of anilines is 1. The lowest BCUT2D eigenvalue weighted by molar-refractivity contribution is -0.139. The number of amides is 2. The molecule has 4 rings (SSSR count). The van der Waals surface area contributed by atoms with Crippen LogP contribution in [0.15, 0.2) is 77.7 Å². The molecule has 3 aromatic rings. The highest BCUT2D eigenvalue weighted by Crippen LogP contribution is 2.28. The Morgan fingerprint density at radius 2 is 1.55 bits per heavy atom. The first-order valence-corrected chi connectivity index (χ1v) is 16.3. The Morgan fingerprint density at radius 1 is 0.905 bits per heavy atom. The van der Waals surface area contributed by atoms with Crippen LogP contribution in [0.3, 0.4) is 0 Å². The van der Waals surface area contributed by atoms with Gasteiger partial charge in [0.25, 0.3) is 10.0 Å². The molecule has 1 fully saturated rings. The van der Waals surface area contributed by atoms with E-state index in [0.717, 1.165) is 47.9 Å². The molecule has 224 valence electrons. The molecule has 0 spiro atoms. The Labute approximate surface area is 251 Å². The van der Waals surface area contributed by atoms with E-state index in [4.69, 9.17) is 0 Å². The molecule has 7 nitrogen and oxygen atoms in total. The second kappa shape index (κ2) is 14.0. The predicted octanol–water partition coefficient (Wildman–Crippen LogP) is 5.72. The highest BCUT2D eigenvalue weighted by Gasteiger charge is 2.34. The molecule has 8 heteroatoms. The summed E-state index contributed by atoms with van der Waals surface area (Å²) in [5.41, 5.74) is 4.17. The minimum atomic E-state index is -4.09. The molecular weight excluding hydrogens is 546 g/mol. The number of rotatable bonds is 12. The highest BCUT2D eigenvalue weighted by molar-refractivity contribution is 7.92. The van der Waals surface area contributed by atoms with Gasteiger partial charge in [-0.15, -0.1) is 0 Å². The predicted molar refractivity (Wildman–Crippen MR) is 168 cm³/mol. The standard InChI is InChI=1S/C34H43N3O4S/c1-5-31(34(39)35-29-13-9-10-14-29)36(22-21-28-11-7-6-8-12-28)33(38)24-37(32-20-17-26(3)23-27(32)4)42(40,41)30-18-15-25(2)16-19-30/h6-8,11-12,15-20,23,29,31H,5,9-10,13-14,21-22,24H2,1-4H3,(H,35,39)/t31-/m0/s1. The molecule has 0 aliphatic heterocycles. The second-order valence-electron chi connectivity index (χ2n) is 11.4. The minimum Gasteiger partial charge on any atom is -0.352 e. The van der Waals surface area contributed by atoms with Crippen LogP contribution < -0.4 is 9.62 Å². The maximum absolute atomic E-state index is 14.2. The number of carbonyl (C=O) groups is 2. The van der Waals surface area contributed by atoms with Gasteiger partial charge in [-0.3, -0.25) is 13.9 Å². The van der Waals surface area contributed by atoms with Crippen molar-refractivity contribution >= 4 is 27.5 Å². The molecule has 0 radical (unpaired) electrons. The zero-order valence-electron chi connectivity index (χ0n) is 25.2. The number of nitrogens with zero attached hydrogens (tertiary/aromatic N) is 2. The number of hydrogen-bond donors (Lipinski definition) is 1. The fourth-order valence-electron chi connectivity index (χ4n) is 5.70. The van der Waals surface area contributed by atoms with Gasteiger partial charge in [0.05, 0.1) is 10.6 Å². The number of benzene rings is 3. The van der Waals surface area contributed by atoms with Crippen LogP contribution in [-0.2, 0) is 26.0 Å². The van der Waals surface area contributed by atoms with Crippen molar-refractivity contribution in [3.05, 3.63) is 95.1 Å². The van der Waals surface area contributed by atoms with Crippen molar-refractivity contribution in [1.29, 1.82) is 0 Å². The molecule has 3 aromatic carbocycles. The van der Waals surface area contributed by atoms with Crippen LogP contribution in [0.2, 0.25) is 0 Å². The fraction of sp³-hybridized carbons (Fsp3) is 0.412. The zero-order valence-corrected chi connectivity index (χ0v) is 26.0. The maximum Gasteiger partial charge on any atom is 0.264 e. The van der Waals surface area contributed by atoms with Crippen molar-refractivity contribution in [3.8, 4) is 0 Å². The average Bonchev–Trinajstić information content (AvgIpc) is 3.48. The lowest BCUT2D eigenvalue weighted by atomic mass is 10.1. The maximum atomic E-state index is 14.2. The van der Waals surface area contributed by atoms with Gasteiger partial charge in [0.1, 0.15) is 12.6 Å². The van der Waals surface area contributed by atoms with Crippen LogP contribution in [0, 0.1) is 20.8 Å². The Kier molecular flexibility index (Phi) is 10.4. The molecule has 1 aliphatic carbocycles. The Balaban J connectivity index is 1.70. The Hall–Kier alpha value is -3.65. The number of aryl methyl sites for hydroxylation is 3. The lowest BCUT2D eigenvalue weighted by Gasteiger charge is -2.34. The fourth-order valence-corrected chi connectivity index (χ4v) is 7.18. The molecule has 1 N–H and O–H groups in total. The monoisotopic (exact) mass is 589 g/mol. The topological polar surface area (TPSA) is 86.8 Å². The van der Waals surface area contributed by atoms with Crippen molar-refractivity contribution in [2.75, 3.05) is 17.4 Å². The van der Waals surface area contributed by atoms with Crippen LogP contribution in [0.5, 0.6) is 0 Å². The van der Waals surface area contributed by atoms with E-state index in [-0.39, 0.29) is 16.8 Å². The summed E-state index contributed by atoms with van der Waals surface area (Å²) in [6.45, 7) is 7.47. The first-order valence-electron chi connectivity index (χ1n) is 14.9. The van der Waals surface area contributed by atoms with Gasteiger partial charge in [-0.05, 0) is 75.8 Å². The zero-order chi connectivity index (χ0) is 30.3. The molecule has 0 aromatic heterocycles. The van der Waals surface area contributed by atoms with E-state index in [0.29, 0.717) is 25.1 Å². The normalized spacial score (nSPS) is 14.4. The van der Waals surface area contributed by atoms with Crippen molar-refractivity contribution in [2.45, 2.75) is 83.2 Å². The lowest BCUT2D eigenvalue weighted by Crippen LogP contribution is -2.54. The Morgan fingerprint density at radius 3 is 2.17 bits per heavy atom. The molecule has 1 atom stereocenters. The van der Waals surface area contributed by atoms with E-state index in [1.54, 1.807) is 35.2 Å². The van der Waals surface area contributed by atoms with Gasteiger partial charge in [0.15, 0.2) is 0 Å². The van der Waals surface area contributed by atoms with Gasteiger partial charge in [-0.25, -0.2) is 8.42 Å². The SMILES string of the molecule is CC[C@@H](C(=O)NC1CCCC1)N(CCc1ccccc1)C(=O)CN(c1ccc(C)cc1C)S(=O)(=O)c1ccc(C)cc1. The van der Waals surface area contributed by atoms with Gasteiger partial charge >= 0.3 is 0 Å². The van der Waals surface area contributed by atoms with Crippen molar-refractivity contribution in [2.24, 2.45) is 0 Å². The van der Waals surface area contributed by atoms with Crippen LogP contribution in [0.1, 0.15) is 61.3 Å². The van der Waals surface area contributed by atoms with Crippen LogP contribution >= 0.6 is 0 Å². The summed E-state index contributed by atoms with van der Waals surface area (Å²) in [7, 11) is -4.09. The minimum absolute atomic E-state index is 0.114. The van der Waals surface area contributed by atoms with E-state index in [1.807, 2.05) is 70.2 Å². The summed E-state index contributed by atoms with van der Waals surface area (Å²) in [5.74, 6) is -0.583. The summed E-state index contributed by atoms with van der Waals surface area (Å²) in [6.07, 6.45) is 5.02. The highest BCUT2D eigenvalue weighted by atomic mass is 32.2. The van der Waals surface area contributed by atoms with E-state index >= 15 is 0 Å². The summed E-state index contributed by atoms with van der Waals surface area (Å²) >= 11 is 0. The van der Waals surface area contributed by atoms with Gasteiger partial charge < -0.3 is 10.2 Å². The molecular formula is C34H43N3O4S. The van der Waals surface area contributed by atoms with Crippen molar-refractivity contribution < 1.29 is 18.0 Å². The van der Waals surface area contributed by atoms with Crippen molar-refractivity contribution in [3.63, 3.8) is 0 Å².